The van der Waals surface area contributed by atoms with Crippen LogP contribution in [0.15, 0.2) is 24.5 Å². The van der Waals surface area contributed by atoms with Gasteiger partial charge in [0, 0.05) is 20.6 Å². The van der Waals surface area contributed by atoms with Crippen molar-refractivity contribution in [2.75, 3.05) is 13.6 Å². The molecule has 1 heterocycles. The SMILES string of the molecule is CN(Cc1ccc2c(c1)ncn2C)C(=O)CN. The van der Waals surface area contributed by atoms with Gasteiger partial charge in [-0.15, -0.1) is 0 Å². The van der Waals surface area contributed by atoms with E-state index in [0.29, 0.717) is 6.54 Å². The van der Waals surface area contributed by atoms with Crippen molar-refractivity contribution in [3.63, 3.8) is 0 Å². The molecule has 1 aromatic heterocycles. The van der Waals surface area contributed by atoms with Gasteiger partial charge in [-0.3, -0.25) is 4.79 Å². The van der Waals surface area contributed by atoms with Crippen LogP contribution in [0.25, 0.3) is 11.0 Å². The molecule has 2 N–H and O–H groups in total. The number of likely N-dealkylation sites (N-methyl/N-ethyl adjacent to an activating group) is 1. The standard InChI is InChI=1S/C12H16N4O/c1-15(12(17)6-13)7-9-3-4-11-10(5-9)14-8-16(11)2/h3-5,8H,6-7,13H2,1-2H3. The van der Waals surface area contributed by atoms with E-state index in [-0.39, 0.29) is 12.5 Å². The number of benzene rings is 1. The maximum Gasteiger partial charge on any atom is 0.236 e. The van der Waals surface area contributed by atoms with Gasteiger partial charge in [-0.25, -0.2) is 4.98 Å². The lowest BCUT2D eigenvalue weighted by molar-refractivity contribution is -0.128. The number of imidazole rings is 1. The van der Waals surface area contributed by atoms with Gasteiger partial charge in [-0.1, -0.05) is 6.07 Å². The third kappa shape index (κ3) is 2.29. The molecule has 90 valence electrons. The normalized spacial score (nSPS) is 10.8. The average Bonchev–Trinajstić information content (AvgIpc) is 2.69. The minimum atomic E-state index is -0.0638. The van der Waals surface area contributed by atoms with Gasteiger partial charge < -0.3 is 15.2 Å². The van der Waals surface area contributed by atoms with E-state index < -0.39 is 0 Å². The third-order valence-electron chi connectivity index (χ3n) is 2.81. The zero-order chi connectivity index (χ0) is 12.4. The molecule has 1 amide bonds. The number of nitrogens with zero attached hydrogens (tertiary/aromatic N) is 3. The van der Waals surface area contributed by atoms with Crippen molar-refractivity contribution in [1.29, 1.82) is 0 Å². The molecule has 5 heteroatoms. The largest absolute Gasteiger partial charge is 0.340 e. The van der Waals surface area contributed by atoms with Gasteiger partial charge in [0.05, 0.1) is 23.9 Å². The third-order valence-corrected chi connectivity index (χ3v) is 2.81. The topological polar surface area (TPSA) is 64.2 Å². The molecule has 0 aliphatic heterocycles. The van der Waals surface area contributed by atoms with Crippen LogP contribution in [0.3, 0.4) is 0 Å². The Balaban J connectivity index is 2.22. The van der Waals surface area contributed by atoms with Crippen molar-refractivity contribution in [1.82, 2.24) is 14.5 Å². The Morgan fingerprint density at radius 2 is 2.29 bits per heavy atom. The Morgan fingerprint density at radius 3 is 3.00 bits per heavy atom. The van der Waals surface area contributed by atoms with Gasteiger partial charge >= 0.3 is 0 Å². The van der Waals surface area contributed by atoms with Gasteiger partial charge in [0.2, 0.25) is 5.91 Å². The van der Waals surface area contributed by atoms with Gasteiger partial charge in [0.15, 0.2) is 0 Å². The fourth-order valence-electron chi connectivity index (χ4n) is 1.80. The summed E-state index contributed by atoms with van der Waals surface area (Å²) in [6, 6.07) is 6.01. The minimum absolute atomic E-state index is 0.0440. The second-order valence-electron chi connectivity index (χ2n) is 4.13. The van der Waals surface area contributed by atoms with Crippen LogP contribution in [0.2, 0.25) is 0 Å². The number of hydrogen-bond donors (Lipinski definition) is 1. The van der Waals surface area contributed by atoms with Gasteiger partial charge in [-0.2, -0.15) is 0 Å². The molecule has 0 fully saturated rings. The molecule has 0 radical (unpaired) electrons. The molecule has 0 bridgehead atoms. The van der Waals surface area contributed by atoms with Gasteiger partial charge in [0.1, 0.15) is 0 Å². The van der Waals surface area contributed by atoms with E-state index in [1.54, 1.807) is 18.3 Å². The Morgan fingerprint density at radius 1 is 1.53 bits per heavy atom. The molecule has 0 aliphatic carbocycles. The van der Waals surface area contributed by atoms with Crippen LogP contribution < -0.4 is 5.73 Å². The highest BCUT2D eigenvalue weighted by Crippen LogP contribution is 2.14. The lowest BCUT2D eigenvalue weighted by atomic mass is 10.2. The van der Waals surface area contributed by atoms with Crippen molar-refractivity contribution in [2.45, 2.75) is 6.54 Å². The first-order valence-corrected chi connectivity index (χ1v) is 5.46. The number of aryl methyl sites for hydroxylation is 1. The van der Waals surface area contributed by atoms with E-state index >= 15 is 0 Å². The van der Waals surface area contributed by atoms with E-state index in [0.717, 1.165) is 16.6 Å². The number of carbonyl (C=O) groups is 1. The minimum Gasteiger partial charge on any atom is -0.340 e. The first kappa shape index (κ1) is 11.6. The molecule has 0 unspecified atom stereocenters. The summed E-state index contributed by atoms with van der Waals surface area (Å²) in [4.78, 5) is 17.3. The fraction of sp³-hybridized carbons (Fsp3) is 0.333. The molecule has 1 aromatic carbocycles. The van der Waals surface area contributed by atoms with Crippen LogP contribution in [0.5, 0.6) is 0 Å². The Hall–Kier alpha value is -1.88. The molecule has 2 rings (SSSR count). The van der Waals surface area contributed by atoms with E-state index in [1.165, 1.54) is 0 Å². The predicted octanol–water partition coefficient (Wildman–Crippen LogP) is 0.490. The van der Waals surface area contributed by atoms with Gasteiger partial charge in [-0.05, 0) is 17.7 Å². The first-order valence-electron chi connectivity index (χ1n) is 5.46. The zero-order valence-corrected chi connectivity index (χ0v) is 10.1. The van der Waals surface area contributed by atoms with E-state index in [2.05, 4.69) is 4.98 Å². The Kier molecular flexibility index (Phi) is 3.10. The van der Waals surface area contributed by atoms with Crippen LogP contribution in [0.1, 0.15) is 5.56 Å². The van der Waals surface area contributed by atoms with E-state index in [1.807, 2.05) is 29.8 Å². The molecule has 5 nitrogen and oxygen atoms in total. The molecule has 2 aromatic rings. The number of amides is 1. The summed E-state index contributed by atoms with van der Waals surface area (Å²) in [5.41, 5.74) is 8.40. The lowest BCUT2D eigenvalue weighted by Crippen LogP contribution is -2.32. The summed E-state index contributed by atoms with van der Waals surface area (Å²) in [5, 5.41) is 0. The Labute approximate surface area is 99.8 Å². The van der Waals surface area contributed by atoms with Crippen molar-refractivity contribution in [3.05, 3.63) is 30.1 Å². The smallest absolute Gasteiger partial charge is 0.236 e. The second-order valence-corrected chi connectivity index (χ2v) is 4.13. The highest BCUT2D eigenvalue weighted by atomic mass is 16.2. The number of hydrogen-bond acceptors (Lipinski definition) is 3. The molecule has 17 heavy (non-hydrogen) atoms. The van der Waals surface area contributed by atoms with Crippen molar-refractivity contribution in [3.8, 4) is 0 Å². The van der Waals surface area contributed by atoms with E-state index in [4.69, 9.17) is 5.73 Å². The molecule has 0 aliphatic rings. The molecule has 0 saturated heterocycles. The maximum absolute atomic E-state index is 11.4. The molecular weight excluding hydrogens is 216 g/mol. The summed E-state index contributed by atoms with van der Waals surface area (Å²) < 4.78 is 1.97. The summed E-state index contributed by atoms with van der Waals surface area (Å²) in [5.74, 6) is -0.0638. The summed E-state index contributed by atoms with van der Waals surface area (Å²) in [6.07, 6.45) is 1.78. The van der Waals surface area contributed by atoms with Crippen molar-refractivity contribution in [2.24, 2.45) is 12.8 Å². The zero-order valence-electron chi connectivity index (χ0n) is 10.1. The number of fused-ring (bicyclic) bond motifs is 1. The van der Waals surface area contributed by atoms with Crippen LogP contribution in [-0.4, -0.2) is 34.0 Å². The molecule has 0 spiro atoms. The van der Waals surface area contributed by atoms with Crippen molar-refractivity contribution < 1.29 is 4.79 Å². The van der Waals surface area contributed by atoms with Crippen LogP contribution in [0.4, 0.5) is 0 Å². The summed E-state index contributed by atoms with van der Waals surface area (Å²) in [6.45, 7) is 0.602. The lowest BCUT2D eigenvalue weighted by Gasteiger charge is -2.16. The average molecular weight is 232 g/mol. The monoisotopic (exact) mass is 232 g/mol. The second kappa shape index (κ2) is 4.55. The summed E-state index contributed by atoms with van der Waals surface area (Å²) in [7, 11) is 3.71. The Bertz CT molecular complexity index is 546. The summed E-state index contributed by atoms with van der Waals surface area (Å²) >= 11 is 0. The molecular formula is C12H16N4O. The van der Waals surface area contributed by atoms with Crippen LogP contribution >= 0.6 is 0 Å². The quantitative estimate of drug-likeness (QED) is 0.837. The maximum atomic E-state index is 11.4. The van der Waals surface area contributed by atoms with Crippen LogP contribution in [0, 0.1) is 0 Å². The predicted molar refractivity (Wildman–Crippen MR) is 66.2 cm³/mol. The van der Waals surface area contributed by atoms with E-state index in [9.17, 15) is 4.79 Å². The highest BCUT2D eigenvalue weighted by molar-refractivity contribution is 5.78. The highest BCUT2D eigenvalue weighted by Gasteiger charge is 2.08. The molecule has 0 atom stereocenters. The number of carbonyl (C=O) groups excluding carboxylic acids is 1. The number of rotatable bonds is 3. The first-order chi connectivity index (χ1) is 8.11. The van der Waals surface area contributed by atoms with Crippen LogP contribution in [-0.2, 0) is 18.4 Å². The number of nitrogens with two attached hydrogens (primary N) is 1. The molecule has 0 saturated carbocycles. The number of aromatic nitrogens is 2. The van der Waals surface area contributed by atoms with Gasteiger partial charge in [0.25, 0.3) is 0 Å². The fourth-order valence-corrected chi connectivity index (χ4v) is 1.80. The van der Waals surface area contributed by atoms with Crippen molar-refractivity contribution >= 4 is 16.9 Å².